The van der Waals surface area contributed by atoms with Gasteiger partial charge in [-0.05, 0) is 30.7 Å². The molecule has 0 aliphatic carbocycles. The topological polar surface area (TPSA) is 106 Å². The molecule has 0 radical (unpaired) electrons. The van der Waals surface area contributed by atoms with Crippen molar-refractivity contribution in [2.45, 2.75) is 11.3 Å². The fourth-order valence-electron chi connectivity index (χ4n) is 2.31. The van der Waals surface area contributed by atoms with Crippen molar-refractivity contribution in [2.75, 3.05) is 30.3 Å². The molecule has 0 fully saturated rings. The lowest BCUT2D eigenvalue weighted by Crippen LogP contribution is -2.15. The molecule has 0 atom stereocenters. The number of fused-ring (bicyclic) bond motifs is 1. The highest BCUT2D eigenvalue weighted by molar-refractivity contribution is 7.92. The Bertz CT molecular complexity index is 1030. The number of anilines is 2. The van der Waals surface area contributed by atoms with E-state index in [2.05, 4.69) is 25.0 Å². The second-order valence-electron chi connectivity index (χ2n) is 5.61. The quantitative estimate of drug-likeness (QED) is 0.553. The molecule has 2 N–H and O–H groups in total. The molecule has 3 rings (SSSR count). The number of para-hydroxylation sites is 2. The van der Waals surface area contributed by atoms with E-state index in [1.807, 2.05) is 0 Å². The molecule has 3 aromatic rings. The Morgan fingerprint density at radius 1 is 1.11 bits per heavy atom. The molecule has 0 saturated carbocycles. The number of ether oxygens (including phenoxy) is 1. The zero-order valence-electron chi connectivity index (χ0n) is 14.5. The molecule has 0 amide bonds. The predicted molar refractivity (Wildman–Crippen MR) is 105 cm³/mol. The first-order valence-corrected chi connectivity index (χ1v) is 10.00. The molecule has 0 unspecified atom stereocenters. The van der Waals surface area contributed by atoms with Crippen LogP contribution >= 0.6 is 11.6 Å². The molecule has 2 aromatic heterocycles. The zero-order valence-corrected chi connectivity index (χ0v) is 16.1. The summed E-state index contributed by atoms with van der Waals surface area (Å²) in [6, 6.07) is 10.1. The summed E-state index contributed by atoms with van der Waals surface area (Å²) in [5, 5.41) is 3.06. The first-order valence-electron chi connectivity index (χ1n) is 8.13. The van der Waals surface area contributed by atoms with E-state index >= 15 is 0 Å². The Balaban J connectivity index is 1.75. The van der Waals surface area contributed by atoms with Crippen LogP contribution in [0.15, 0.2) is 47.5 Å². The van der Waals surface area contributed by atoms with E-state index in [1.165, 1.54) is 12.3 Å². The van der Waals surface area contributed by atoms with Crippen LogP contribution in [-0.4, -0.2) is 43.6 Å². The molecule has 142 valence electrons. The average Bonchev–Trinajstić information content (AvgIpc) is 2.66. The van der Waals surface area contributed by atoms with Crippen LogP contribution in [0.1, 0.15) is 6.42 Å². The van der Waals surface area contributed by atoms with E-state index in [0.29, 0.717) is 30.0 Å². The summed E-state index contributed by atoms with van der Waals surface area (Å²) < 4.78 is 32.5. The average molecular weight is 408 g/mol. The molecule has 27 heavy (non-hydrogen) atoms. The van der Waals surface area contributed by atoms with Gasteiger partial charge >= 0.3 is 0 Å². The minimum absolute atomic E-state index is 0.00373. The van der Waals surface area contributed by atoms with E-state index in [0.717, 1.165) is 6.42 Å². The maximum absolute atomic E-state index is 12.6. The number of hydrogen-bond acceptors (Lipinski definition) is 7. The lowest BCUT2D eigenvalue weighted by atomic mass is 10.3. The number of halogens is 1. The Morgan fingerprint density at radius 2 is 1.85 bits per heavy atom. The zero-order chi connectivity index (χ0) is 19.3. The van der Waals surface area contributed by atoms with Gasteiger partial charge in [-0.15, -0.1) is 0 Å². The normalized spacial score (nSPS) is 11.5. The van der Waals surface area contributed by atoms with Crippen molar-refractivity contribution in [1.29, 1.82) is 0 Å². The van der Waals surface area contributed by atoms with Crippen LogP contribution in [0.4, 0.5) is 11.6 Å². The molecular weight excluding hydrogens is 390 g/mol. The lowest BCUT2D eigenvalue weighted by Gasteiger charge is -2.10. The van der Waals surface area contributed by atoms with Crippen molar-refractivity contribution in [3.63, 3.8) is 0 Å². The van der Waals surface area contributed by atoms with Crippen LogP contribution in [-0.2, 0) is 14.8 Å². The molecule has 1 aromatic carbocycles. The van der Waals surface area contributed by atoms with Gasteiger partial charge in [0.1, 0.15) is 10.7 Å². The summed E-state index contributed by atoms with van der Waals surface area (Å²) >= 11 is 6.07. The molecule has 0 aliphatic rings. The van der Waals surface area contributed by atoms with Gasteiger partial charge in [-0.1, -0.05) is 23.7 Å². The van der Waals surface area contributed by atoms with Crippen molar-refractivity contribution < 1.29 is 13.2 Å². The molecule has 0 spiro atoms. The van der Waals surface area contributed by atoms with E-state index in [-0.39, 0.29) is 15.9 Å². The van der Waals surface area contributed by atoms with E-state index < -0.39 is 10.0 Å². The van der Waals surface area contributed by atoms with E-state index in [4.69, 9.17) is 16.3 Å². The molecule has 10 heteroatoms. The summed E-state index contributed by atoms with van der Waals surface area (Å²) in [6.45, 7) is 1.31. The summed E-state index contributed by atoms with van der Waals surface area (Å²) in [6.07, 6.45) is 2.09. The van der Waals surface area contributed by atoms with Gasteiger partial charge in [0, 0.05) is 26.5 Å². The number of rotatable bonds is 8. The maximum Gasteiger partial charge on any atom is 0.264 e. The number of aromatic nitrogens is 3. The number of methoxy groups -OCH3 is 1. The molecule has 0 aliphatic heterocycles. The number of hydrogen-bond donors (Lipinski definition) is 2. The second kappa shape index (κ2) is 8.47. The third-order valence-electron chi connectivity index (χ3n) is 3.64. The molecular formula is C17H18ClN5O3S. The minimum atomic E-state index is -3.90. The molecule has 0 saturated heterocycles. The summed E-state index contributed by atoms with van der Waals surface area (Å²) in [5.74, 6) is 0.547. The SMILES string of the molecule is COCCCNc1ccc(S(=O)(=O)Nc2nc3ccccc3nc2Cl)cn1. The minimum Gasteiger partial charge on any atom is -0.385 e. The Kier molecular flexibility index (Phi) is 6.04. The highest BCUT2D eigenvalue weighted by Gasteiger charge is 2.18. The Labute approximate surface area is 162 Å². The van der Waals surface area contributed by atoms with Crippen molar-refractivity contribution in [2.24, 2.45) is 0 Å². The number of nitrogens with one attached hydrogen (secondary N) is 2. The van der Waals surface area contributed by atoms with E-state index in [9.17, 15) is 8.42 Å². The number of sulfonamides is 1. The first-order chi connectivity index (χ1) is 13.0. The van der Waals surface area contributed by atoms with E-state index in [1.54, 1.807) is 37.4 Å². The molecule has 2 heterocycles. The smallest absolute Gasteiger partial charge is 0.264 e. The fraction of sp³-hybridized carbons (Fsp3) is 0.235. The van der Waals surface area contributed by atoms with Gasteiger partial charge < -0.3 is 10.1 Å². The van der Waals surface area contributed by atoms with Gasteiger partial charge in [-0.3, -0.25) is 4.72 Å². The van der Waals surface area contributed by atoms with Gasteiger partial charge in [0.05, 0.1) is 11.0 Å². The van der Waals surface area contributed by atoms with Crippen molar-refractivity contribution >= 4 is 44.3 Å². The highest BCUT2D eigenvalue weighted by Crippen LogP contribution is 2.24. The lowest BCUT2D eigenvalue weighted by molar-refractivity contribution is 0.198. The van der Waals surface area contributed by atoms with Crippen molar-refractivity contribution in [3.8, 4) is 0 Å². The van der Waals surface area contributed by atoms with Crippen molar-refractivity contribution in [1.82, 2.24) is 15.0 Å². The first kappa shape index (κ1) is 19.3. The Morgan fingerprint density at radius 3 is 2.52 bits per heavy atom. The monoisotopic (exact) mass is 407 g/mol. The van der Waals surface area contributed by atoms with Gasteiger partial charge in [-0.25, -0.2) is 23.4 Å². The van der Waals surface area contributed by atoms with Gasteiger partial charge in [0.25, 0.3) is 10.0 Å². The van der Waals surface area contributed by atoms with Gasteiger partial charge in [0.15, 0.2) is 11.0 Å². The number of benzene rings is 1. The summed E-state index contributed by atoms with van der Waals surface area (Å²) in [4.78, 5) is 12.5. The van der Waals surface area contributed by atoms with Crippen LogP contribution < -0.4 is 10.0 Å². The highest BCUT2D eigenvalue weighted by atomic mass is 35.5. The largest absolute Gasteiger partial charge is 0.385 e. The third-order valence-corrected chi connectivity index (χ3v) is 5.22. The Hall–Kier alpha value is -2.49. The predicted octanol–water partition coefficient (Wildman–Crippen LogP) is 2.93. The molecule has 8 nitrogen and oxygen atoms in total. The fourth-order valence-corrected chi connectivity index (χ4v) is 3.50. The van der Waals surface area contributed by atoms with Gasteiger partial charge in [-0.2, -0.15) is 0 Å². The van der Waals surface area contributed by atoms with Gasteiger partial charge in [0.2, 0.25) is 0 Å². The standard InChI is InChI=1S/C17H18ClN5O3S/c1-26-10-4-9-19-15-8-7-12(11-20-15)27(24,25)23-17-16(18)21-13-5-2-3-6-14(13)22-17/h2-3,5-8,11H,4,9-10H2,1H3,(H,19,20)(H,22,23). The van der Waals surface area contributed by atoms with Crippen molar-refractivity contribution in [3.05, 3.63) is 47.7 Å². The van der Waals surface area contributed by atoms with Crippen LogP contribution in [0.3, 0.4) is 0 Å². The van der Waals surface area contributed by atoms with Crippen LogP contribution in [0.25, 0.3) is 11.0 Å². The summed E-state index contributed by atoms with van der Waals surface area (Å²) in [5.41, 5.74) is 1.12. The van der Waals surface area contributed by atoms with Crippen LogP contribution in [0, 0.1) is 0 Å². The second-order valence-corrected chi connectivity index (χ2v) is 7.65. The number of nitrogens with zero attached hydrogens (tertiary/aromatic N) is 3. The maximum atomic E-state index is 12.6. The number of pyridine rings is 1. The van der Waals surface area contributed by atoms with Crippen LogP contribution in [0.2, 0.25) is 5.15 Å². The molecule has 0 bridgehead atoms. The third kappa shape index (κ3) is 4.82. The summed E-state index contributed by atoms with van der Waals surface area (Å²) in [7, 11) is -2.26. The van der Waals surface area contributed by atoms with Crippen LogP contribution in [0.5, 0.6) is 0 Å².